The van der Waals surface area contributed by atoms with E-state index in [0.29, 0.717) is 6.41 Å². The van der Waals surface area contributed by atoms with Gasteiger partial charge in [-0.25, -0.2) is 18.2 Å². The van der Waals surface area contributed by atoms with Crippen molar-refractivity contribution in [3.05, 3.63) is 0 Å². The van der Waals surface area contributed by atoms with Gasteiger partial charge in [0.2, 0.25) is 6.41 Å². The minimum absolute atomic E-state index is 0.0551. The van der Waals surface area contributed by atoms with E-state index < -0.39 is 28.0 Å². The van der Waals surface area contributed by atoms with Gasteiger partial charge in [-0.2, -0.15) is 0 Å². The van der Waals surface area contributed by atoms with E-state index in [4.69, 9.17) is 0 Å². The van der Waals surface area contributed by atoms with E-state index in [0.717, 1.165) is 5.01 Å². The summed E-state index contributed by atoms with van der Waals surface area (Å²) in [6, 6.07) is -1.33. The van der Waals surface area contributed by atoms with Crippen molar-refractivity contribution in [3.8, 4) is 0 Å². The zero-order chi connectivity index (χ0) is 10.3. The van der Waals surface area contributed by atoms with Gasteiger partial charge in [0.15, 0.2) is 9.84 Å². The molecule has 8 heteroatoms. The summed E-state index contributed by atoms with van der Waals surface area (Å²) in [7, 11) is -3.09. The monoisotopic (exact) mass is 219 g/mol. The van der Waals surface area contributed by atoms with Crippen molar-refractivity contribution in [1.82, 2.24) is 15.8 Å². The van der Waals surface area contributed by atoms with Crippen LogP contribution in [0.5, 0.6) is 0 Å². The van der Waals surface area contributed by atoms with Gasteiger partial charge in [0, 0.05) is 0 Å². The molecule has 2 saturated heterocycles. The highest BCUT2D eigenvalue weighted by Gasteiger charge is 2.49. The van der Waals surface area contributed by atoms with Crippen LogP contribution < -0.4 is 10.7 Å². The van der Waals surface area contributed by atoms with Crippen LogP contribution >= 0.6 is 0 Å². The highest BCUT2D eigenvalue weighted by molar-refractivity contribution is 7.91. The largest absolute Gasteiger partial charge is 0.336 e. The zero-order valence-electron chi connectivity index (χ0n) is 7.13. The Bertz CT molecular complexity index is 379. The van der Waals surface area contributed by atoms with E-state index in [2.05, 4.69) is 10.7 Å². The van der Waals surface area contributed by atoms with E-state index in [1.54, 1.807) is 0 Å². The number of fused-ring (bicyclic) bond motifs is 1. The van der Waals surface area contributed by atoms with Gasteiger partial charge < -0.3 is 5.32 Å². The van der Waals surface area contributed by atoms with Crippen LogP contribution in [0.4, 0.5) is 4.79 Å². The second-order valence-electron chi connectivity index (χ2n) is 3.32. The van der Waals surface area contributed by atoms with Crippen LogP contribution in [0.2, 0.25) is 0 Å². The summed E-state index contributed by atoms with van der Waals surface area (Å²) in [5.74, 6) is -0.155. The smallest absolute Gasteiger partial charge is 0.331 e. The van der Waals surface area contributed by atoms with Crippen molar-refractivity contribution in [2.75, 3.05) is 11.5 Å². The molecule has 2 atom stereocenters. The molecule has 0 aromatic carbocycles. The molecule has 3 amide bonds. The van der Waals surface area contributed by atoms with Crippen LogP contribution in [0.1, 0.15) is 0 Å². The van der Waals surface area contributed by atoms with E-state index in [-0.39, 0.29) is 11.5 Å². The first-order chi connectivity index (χ1) is 6.53. The van der Waals surface area contributed by atoms with Crippen LogP contribution in [0.25, 0.3) is 0 Å². The summed E-state index contributed by atoms with van der Waals surface area (Å²) in [4.78, 5) is 21.4. The molecule has 2 aliphatic heterocycles. The molecule has 0 aliphatic carbocycles. The van der Waals surface area contributed by atoms with Gasteiger partial charge in [-0.3, -0.25) is 10.2 Å². The highest BCUT2D eigenvalue weighted by Crippen LogP contribution is 2.21. The van der Waals surface area contributed by atoms with Crippen molar-refractivity contribution < 1.29 is 18.0 Å². The molecular weight excluding hydrogens is 210 g/mol. The molecular formula is C6H9N3O4S. The van der Waals surface area contributed by atoms with E-state index in [9.17, 15) is 18.0 Å². The van der Waals surface area contributed by atoms with Crippen molar-refractivity contribution in [2.45, 2.75) is 12.1 Å². The van der Waals surface area contributed by atoms with Crippen molar-refractivity contribution in [1.29, 1.82) is 0 Å². The molecule has 0 bridgehead atoms. The van der Waals surface area contributed by atoms with Gasteiger partial charge in [0.05, 0.1) is 23.6 Å². The summed E-state index contributed by atoms with van der Waals surface area (Å²) >= 11 is 0. The lowest BCUT2D eigenvalue weighted by Crippen LogP contribution is -2.46. The van der Waals surface area contributed by atoms with Crippen LogP contribution in [-0.4, -0.2) is 49.5 Å². The molecule has 0 spiro atoms. The molecule has 2 N–H and O–H groups in total. The normalized spacial score (nSPS) is 33.7. The fourth-order valence-corrected chi connectivity index (χ4v) is 3.70. The molecule has 14 heavy (non-hydrogen) atoms. The summed E-state index contributed by atoms with van der Waals surface area (Å²) in [6.07, 6.45) is 0.354. The number of nitrogens with one attached hydrogen (secondary N) is 2. The fraction of sp³-hybridized carbons (Fsp3) is 0.667. The molecule has 2 aliphatic rings. The maximum absolute atomic E-state index is 11.2. The van der Waals surface area contributed by atoms with Crippen LogP contribution in [0.3, 0.4) is 0 Å². The van der Waals surface area contributed by atoms with Gasteiger partial charge in [0.1, 0.15) is 0 Å². The summed E-state index contributed by atoms with van der Waals surface area (Å²) in [5.41, 5.74) is 2.18. The Morgan fingerprint density at radius 2 is 2.21 bits per heavy atom. The van der Waals surface area contributed by atoms with Crippen LogP contribution in [0, 0.1) is 0 Å². The standard InChI is InChI=1S/C6H9N3O4S/c10-3-7-9-5-2-14(12,13)1-4(5)8-6(9)11/h3-5H,1-2H2,(H,7,10)(H,8,11). The SMILES string of the molecule is O=CNN1C(=O)NC2CS(=O)(=O)CC21. The lowest BCUT2D eigenvalue weighted by Gasteiger charge is -2.18. The Balaban J connectivity index is 2.21. The third-order valence-corrected chi connectivity index (χ3v) is 4.09. The zero-order valence-corrected chi connectivity index (χ0v) is 7.95. The molecule has 2 heterocycles. The molecule has 7 nitrogen and oxygen atoms in total. The van der Waals surface area contributed by atoms with Gasteiger partial charge in [-0.15, -0.1) is 0 Å². The number of rotatable bonds is 2. The highest BCUT2D eigenvalue weighted by atomic mass is 32.2. The number of sulfone groups is 1. The third kappa shape index (κ3) is 1.31. The number of hydrazine groups is 1. The summed E-state index contributed by atoms with van der Waals surface area (Å²) in [5, 5.41) is 3.52. The summed E-state index contributed by atoms with van der Waals surface area (Å²) in [6.45, 7) is 0. The number of hydrogen-bond donors (Lipinski definition) is 2. The third-order valence-electron chi connectivity index (χ3n) is 2.37. The molecule has 0 saturated carbocycles. The van der Waals surface area contributed by atoms with E-state index >= 15 is 0 Å². The molecule has 0 aromatic heterocycles. The minimum Gasteiger partial charge on any atom is -0.331 e. The Kier molecular flexibility index (Phi) is 1.88. The summed E-state index contributed by atoms with van der Waals surface area (Å²) < 4.78 is 22.4. The maximum Gasteiger partial charge on any atom is 0.336 e. The van der Waals surface area contributed by atoms with E-state index in [1.807, 2.05) is 0 Å². The van der Waals surface area contributed by atoms with Gasteiger partial charge >= 0.3 is 6.03 Å². The predicted molar refractivity (Wildman–Crippen MR) is 45.8 cm³/mol. The minimum atomic E-state index is -3.09. The first-order valence-corrected chi connectivity index (χ1v) is 5.85. The van der Waals surface area contributed by atoms with Crippen LogP contribution in [-0.2, 0) is 14.6 Å². The predicted octanol–water partition coefficient (Wildman–Crippen LogP) is -2.16. The molecule has 0 radical (unpaired) electrons. The number of hydrogen-bond acceptors (Lipinski definition) is 4. The Morgan fingerprint density at radius 3 is 2.86 bits per heavy atom. The lowest BCUT2D eigenvalue weighted by molar-refractivity contribution is -0.113. The first-order valence-electron chi connectivity index (χ1n) is 4.03. The number of urea groups is 1. The molecule has 2 rings (SSSR count). The number of carbonyl (C=O) groups is 2. The van der Waals surface area contributed by atoms with Gasteiger partial charge in [-0.05, 0) is 0 Å². The molecule has 78 valence electrons. The maximum atomic E-state index is 11.2. The Labute approximate surface area is 80.3 Å². The average molecular weight is 219 g/mol. The molecule has 2 unspecified atom stereocenters. The number of nitrogens with zero attached hydrogens (tertiary/aromatic N) is 1. The topological polar surface area (TPSA) is 95.6 Å². The van der Waals surface area contributed by atoms with E-state index in [1.165, 1.54) is 0 Å². The molecule has 2 fully saturated rings. The first kappa shape index (κ1) is 9.25. The molecule has 0 aromatic rings. The number of amides is 3. The van der Waals surface area contributed by atoms with Crippen LogP contribution in [0.15, 0.2) is 0 Å². The average Bonchev–Trinajstić information content (AvgIpc) is 2.47. The van der Waals surface area contributed by atoms with Crippen molar-refractivity contribution in [3.63, 3.8) is 0 Å². The second kappa shape index (κ2) is 2.84. The Hall–Kier alpha value is -1.31. The quantitative estimate of drug-likeness (QED) is 0.408. The van der Waals surface area contributed by atoms with Gasteiger partial charge in [-0.1, -0.05) is 0 Å². The van der Waals surface area contributed by atoms with Crippen molar-refractivity contribution >= 4 is 22.3 Å². The van der Waals surface area contributed by atoms with Gasteiger partial charge in [0.25, 0.3) is 0 Å². The van der Waals surface area contributed by atoms with Crippen molar-refractivity contribution in [2.24, 2.45) is 0 Å². The lowest BCUT2D eigenvalue weighted by atomic mass is 10.2. The second-order valence-corrected chi connectivity index (χ2v) is 5.47. The number of carbonyl (C=O) groups excluding carboxylic acids is 2. The Morgan fingerprint density at radius 1 is 1.50 bits per heavy atom. The fourth-order valence-electron chi connectivity index (χ4n) is 1.81.